The van der Waals surface area contributed by atoms with Crippen molar-refractivity contribution in [2.45, 2.75) is 26.4 Å². The van der Waals surface area contributed by atoms with Gasteiger partial charge in [-0.15, -0.1) is 0 Å². The standard InChI is InChI=1S/C15H17NO5/c1-9(10(2)17)8-13(11(3)18)15(19)12-6-4-5-7-14(12)16(20)21/h4-7,13,15,19H,1,8H2,2-3H3. The molecule has 0 aliphatic carbocycles. The SMILES string of the molecule is C=C(CC(C(C)=O)C(O)c1ccccc1[N+](=O)[O-])C(C)=O. The number of rotatable bonds is 7. The van der Waals surface area contributed by atoms with Gasteiger partial charge in [0, 0.05) is 6.07 Å². The molecule has 1 aromatic rings. The van der Waals surface area contributed by atoms with E-state index >= 15 is 0 Å². The number of allylic oxidation sites excluding steroid dienone is 1. The fourth-order valence-electron chi connectivity index (χ4n) is 2.01. The second-order valence-corrected chi connectivity index (χ2v) is 4.84. The molecule has 6 nitrogen and oxygen atoms in total. The molecule has 0 aliphatic rings. The fraction of sp³-hybridized carbons (Fsp3) is 0.333. The number of hydrogen-bond donors (Lipinski definition) is 1. The Hall–Kier alpha value is -2.34. The summed E-state index contributed by atoms with van der Waals surface area (Å²) in [6.45, 7) is 6.15. The topological polar surface area (TPSA) is 97.5 Å². The summed E-state index contributed by atoms with van der Waals surface area (Å²) >= 11 is 0. The van der Waals surface area contributed by atoms with Gasteiger partial charge in [0.15, 0.2) is 5.78 Å². The highest BCUT2D eigenvalue weighted by Crippen LogP contribution is 2.33. The van der Waals surface area contributed by atoms with Crippen molar-refractivity contribution in [1.82, 2.24) is 0 Å². The summed E-state index contributed by atoms with van der Waals surface area (Å²) in [6, 6.07) is 5.68. The van der Waals surface area contributed by atoms with E-state index in [1.54, 1.807) is 6.07 Å². The predicted molar refractivity (Wildman–Crippen MR) is 76.7 cm³/mol. The van der Waals surface area contributed by atoms with E-state index in [1.807, 2.05) is 0 Å². The van der Waals surface area contributed by atoms with Crippen molar-refractivity contribution in [2.75, 3.05) is 0 Å². The maximum absolute atomic E-state index is 11.7. The van der Waals surface area contributed by atoms with Gasteiger partial charge in [0.1, 0.15) is 5.78 Å². The number of nitro benzene ring substituents is 1. The summed E-state index contributed by atoms with van der Waals surface area (Å²) in [5.74, 6) is -1.58. The number of nitrogens with zero attached hydrogens (tertiary/aromatic N) is 1. The molecule has 0 heterocycles. The number of para-hydroxylation sites is 1. The van der Waals surface area contributed by atoms with Crippen LogP contribution in [0, 0.1) is 16.0 Å². The van der Waals surface area contributed by atoms with Crippen LogP contribution in [0.2, 0.25) is 0 Å². The van der Waals surface area contributed by atoms with Crippen molar-refractivity contribution in [3.63, 3.8) is 0 Å². The Bertz CT molecular complexity index is 593. The summed E-state index contributed by atoms with van der Waals surface area (Å²) in [6.07, 6.45) is -1.39. The van der Waals surface area contributed by atoms with Gasteiger partial charge < -0.3 is 5.11 Å². The van der Waals surface area contributed by atoms with Crippen molar-refractivity contribution in [3.8, 4) is 0 Å². The van der Waals surface area contributed by atoms with E-state index in [1.165, 1.54) is 32.0 Å². The van der Waals surface area contributed by atoms with Crippen LogP contribution in [-0.2, 0) is 9.59 Å². The smallest absolute Gasteiger partial charge is 0.275 e. The third kappa shape index (κ3) is 4.06. The number of aliphatic hydroxyl groups is 1. The lowest BCUT2D eigenvalue weighted by Gasteiger charge is -2.21. The lowest BCUT2D eigenvalue weighted by Crippen LogP contribution is -2.22. The van der Waals surface area contributed by atoms with E-state index < -0.39 is 16.9 Å². The molecule has 21 heavy (non-hydrogen) atoms. The van der Waals surface area contributed by atoms with Crippen LogP contribution < -0.4 is 0 Å². The molecule has 0 amide bonds. The minimum absolute atomic E-state index is 0.0299. The molecule has 1 N–H and O–H groups in total. The van der Waals surface area contributed by atoms with Gasteiger partial charge in [-0.2, -0.15) is 0 Å². The van der Waals surface area contributed by atoms with Gasteiger partial charge in [0.05, 0.1) is 22.5 Å². The number of aliphatic hydroxyl groups excluding tert-OH is 1. The normalized spacial score (nSPS) is 13.3. The third-order valence-corrected chi connectivity index (χ3v) is 3.32. The zero-order chi connectivity index (χ0) is 16.2. The number of Topliss-reactive ketones (excluding diaryl/α,β-unsaturated/α-hetero) is 2. The molecule has 1 rings (SSSR count). The molecule has 1 aromatic carbocycles. The Labute approximate surface area is 122 Å². The van der Waals surface area contributed by atoms with E-state index in [2.05, 4.69) is 6.58 Å². The molecule has 2 unspecified atom stereocenters. The molecule has 0 aliphatic heterocycles. The first-order chi connectivity index (χ1) is 9.75. The Morgan fingerprint density at radius 3 is 2.38 bits per heavy atom. The number of hydrogen-bond acceptors (Lipinski definition) is 5. The first-order valence-electron chi connectivity index (χ1n) is 6.36. The van der Waals surface area contributed by atoms with Crippen LogP contribution in [0.3, 0.4) is 0 Å². The third-order valence-electron chi connectivity index (χ3n) is 3.32. The van der Waals surface area contributed by atoms with Gasteiger partial charge in [-0.3, -0.25) is 19.7 Å². The van der Waals surface area contributed by atoms with Crippen LogP contribution in [0.25, 0.3) is 0 Å². The molecule has 0 spiro atoms. The molecule has 6 heteroatoms. The van der Waals surface area contributed by atoms with Crippen LogP contribution in [-0.4, -0.2) is 21.6 Å². The summed E-state index contributed by atoms with van der Waals surface area (Å²) in [5.41, 5.74) is -0.00317. The van der Waals surface area contributed by atoms with Gasteiger partial charge in [-0.25, -0.2) is 0 Å². The molecule has 2 atom stereocenters. The molecule has 0 radical (unpaired) electrons. The monoisotopic (exact) mass is 291 g/mol. The van der Waals surface area contributed by atoms with Crippen LogP contribution in [0.1, 0.15) is 31.9 Å². The number of benzene rings is 1. The zero-order valence-corrected chi connectivity index (χ0v) is 11.9. The second-order valence-electron chi connectivity index (χ2n) is 4.84. The van der Waals surface area contributed by atoms with Crippen molar-refractivity contribution in [1.29, 1.82) is 0 Å². The summed E-state index contributed by atoms with van der Waals surface area (Å²) < 4.78 is 0. The van der Waals surface area contributed by atoms with Crippen molar-refractivity contribution in [3.05, 3.63) is 52.1 Å². The van der Waals surface area contributed by atoms with Crippen molar-refractivity contribution >= 4 is 17.3 Å². The van der Waals surface area contributed by atoms with Crippen LogP contribution >= 0.6 is 0 Å². The summed E-state index contributed by atoms with van der Waals surface area (Å²) in [4.78, 5) is 33.3. The molecule has 0 saturated carbocycles. The number of ketones is 2. The Morgan fingerprint density at radius 1 is 1.33 bits per heavy atom. The largest absolute Gasteiger partial charge is 0.387 e. The van der Waals surface area contributed by atoms with Crippen molar-refractivity contribution in [2.24, 2.45) is 5.92 Å². The van der Waals surface area contributed by atoms with Gasteiger partial charge >= 0.3 is 0 Å². The van der Waals surface area contributed by atoms with Crippen LogP contribution in [0.5, 0.6) is 0 Å². The lowest BCUT2D eigenvalue weighted by molar-refractivity contribution is -0.386. The maximum Gasteiger partial charge on any atom is 0.275 e. The summed E-state index contributed by atoms with van der Waals surface area (Å²) in [5, 5.41) is 21.3. The number of nitro groups is 1. The predicted octanol–water partition coefficient (Wildman–Crippen LogP) is 2.37. The quantitative estimate of drug-likeness (QED) is 0.472. The molecule has 0 bridgehead atoms. The fourth-order valence-corrected chi connectivity index (χ4v) is 2.01. The molecular weight excluding hydrogens is 274 g/mol. The first-order valence-corrected chi connectivity index (χ1v) is 6.36. The first kappa shape index (κ1) is 16.7. The minimum Gasteiger partial charge on any atom is -0.387 e. The van der Waals surface area contributed by atoms with Crippen molar-refractivity contribution < 1.29 is 19.6 Å². The number of carbonyl (C=O) groups excluding carboxylic acids is 2. The highest BCUT2D eigenvalue weighted by molar-refractivity contribution is 5.93. The minimum atomic E-state index is -1.36. The molecule has 0 aromatic heterocycles. The van der Waals surface area contributed by atoms with Gasteiger partial charge in [-0.1, -0.05) is 18.7 Å². The molecule has 112 valence electrons. The Balaban J connectivity index is 3.15. The highest BCUT2D eigenvalue weighted by atomic mass is 16.6. The highest BCUT2D eigenvalue weighted by Gasteiger charge is 2.31. The van der Waals surface area contributed by atoms with E-state index in [4.69, 9.17) is 0 Å². The van der Waals surface area contributed by atoms with Crippen LogP contribution in [0.15, 0.2) is 36.4 Å². The average Bonchev–Trinajstić information content (AvgIpc) is 2.43. The summed E-state index contributed by atoms with van der Waals surface area (Å²) in [7, 11) is 0. The average molecular weight is 291 g/mol. The van der Waals surface area contributed by atoms with E-state index in [9.17, 15) is 24.8 Å². The Kier molecular flexibility index (Phi) is 5.49. The Morgan fingerprint density at radius 2 is 1.90 bits per heavy atom. The van der Waals surface area contributed by atoms with Gasteiger partial charge in [-0.05, 0) is 31.9 Å². The van der Waals surface area contributed by atoms with Gasteiger partial charge in [0.2, 0.25) is 0 Å². The molecular formula is C15H17NO5. The van der Waals surface area contributed by atoms with Crippen LogP contribution in [0.4, 0.5) is 5.69 Å². The maximum atomic E-state index is 11.7. The molecule has 0 saturated heterocycles. The molecule has 0 fully saturated rings. The van der Waals surface area contributed by atoms with E-state index in [-0.39, 0.29) is 34.8 Å². The van der Waals surface area contributed by atoms with E-state index in [0.29, 0.717) is 0 Å². The zero-order valence-electron chi connectivity index (χ0n) is 11.9. The van der Waals surface area contributed by atoms with Gasteiger partial charge in [0.25, 0.3) is 5.69 Å². The number of carbonyl (C=O) groups is 2. The van der Waals surface area contributed by atoms with E-state index in [0.717, 1.165) is 0 Å². The second kappa shape index (κ2) is 6.90. The lowest BCUT2D eigenvalue weighted by atomic mass is 9.86.